The highest BCUT2D eigenvalue weighted by atomic mass is 16.4. The Morgan fingerprint density at radius 3 is 2.85 bits per heavy atom. The van der Waals surface area contributed by atoms with Crippen LogP contribution in [-0.4, -0.2) is 28.5 Å². The summed E-state index contributed by atoms with van der Waals surface area (Å²) in [4.78, 5) is 26.5. The lowest BCUT2D eigenvalue weighted by Gasteiger charge is -2.08. The Balaban J connectivity index is 2.65. The van der Waals surface area contributed by atoms with Crippen LogP contribution in [0.5, 0.6) is 0 Å². The molecular formula is C15H20N2O3. The predicted molar refractivity (Wildman–Crippen MR) is 77.3 cm³/mol. The second kappa shape index (κ2) is 8.09. The molecule has 0 fully saturated rings. The Bertz CT molecular complexity index is 496. The van der Waals surface area contributed by atoms with E-state index in [1.165, 1.54) is 12.3 Å². The quantitative estimate of drug-likeness (QED) is 0.592. The van der Waals surface area contributed by atoms with Gasteiger partial charge in [-0.3, -0.25) is 9.78 Å². The molecule has 5 heteroatoms. The van der Waals surface area contributed by atoms with Crippen LogP contribution in [0.4, 0.5) is 0 Å². The van der Waals surface area contributed by atoms with E-state index < -0.39 is 5.97 Å². The highest BCUT2D eigenvalue weighted by Gasteiger charge is 2.10. The second-order valence-corrected chi connectivity index (χ2v) is 4.90. The van der Waals surface area contributed by atoms with Crippen molar-refractivity contribution in [3.8, 4) is 0 Å². The van der Waals surface area contributed by atoms with Crippen molar-refractivity contribution in [2.24, 2.45) is 5.92 Å². The average Bonchev–Trinajstić information content (AvgIpc) is 2.41. The smallest absolute Gasteiger partial charge is 0.328 e. The standard InChI is InChI=1S/C15H20N2O3/c1-11(2)5-3-10-17-15(20)14-12(6-4-9-16-14)7-8-13(18)19/h4,6-9,11H,3,5,10H2,1-2H3,(H,17,20)(H,18,19)/b8-7+. The summed E-state index contributed by atoms with van der Waals surface area (Å²) in [6.45, 7) is 4.86. The zero-order chi connectivity index (χ0) is 15.0. The summed E-state index contributed by atoms with van der Waals surface area (Å²) in [5.41, 5.74) is 0.741. The third kappa shape index (κ3) is 5.65. The number of carboxylic acid groups (broad SMARTS) is 1. The Kier molecular flexibility index (Phi) is 6.43. The van der Waals surface area contributed by atoms with E-state index in [0.717, 1.165) is 18.9 Å². The molecule has 108 valence electrons. The molecule has 0 aromatic carbocycles. The number of hydrogen-bond acceptors (Lipinski definition) is 3. The number of rotatable bonds is 7. The molecule has 20 heavy (non-hydrogen) atoms. The fourth-order valence-electron chi connectivity index (χ4n) is 1.70. The van der Waals surface area contributed by atoms with Crippen LogP contribution >= 0.6 is 0 Å². The number of amides is 1. The molecule has 2 N–H and O–H groups in total. The Hall–Kier alpha value is -2.17. The predicted octanol–water partition coefficient (Wildman–Crippen LogP) is 2.35. The van der Waals surface area contributed by atoms with Crippen molar-refractivity contribution in [1.82, 2.24) is 10.3 Å². The summed E-state index contributed by atoms with van der Waals surface area (Å²) < 4.78 is 0. The summed E-state index contributed by atoms with van der Waals surface area (Å²) in [5.74, 6) is -0.729. The number of hydrogen-bond donors (Lipinski definition) is 2. The lowest BCUT2D eigenvalue weighted by atomic mass is 10.1. The SMILES string of the molecule is CC(C)CCCNC(=O)c1ncccc1/C=C/C(=O)O. The van der Waals surface area contributed by atoms with Gasteiger partial charge in [-0.15, -0.1) is 0 Å². The van der Waals surface area contributed by atoms with Crippen molar-refractivity contribution in [2.75, 3.05) is 6.54 Å². The molecule has 0 aliphatic rings. The molecular weight excluding hydrogens is 256 g/mol. The zero-order valence-electron chi connectivity index (χ0n) is 11.8. The molecule has 0 unspecified atom stereocenters. The van der Waals surface area contributed by atoms with E-state index in [-0.39, 0.29) is 11.6 Å². The van der Waals surface area contributed by atoms with Gasteiger partial charge in [-0.05, 0) is 30.9 Å². The number of nitrogens with zero attached hydrogens (tertiary/aromatic N) is 1. The molecule has 0 bridgehead atoms. The molecule has 1 rings (SSSR count). The third-order valence-corrected chi connectivity index (χ3v) is 2.70. The van der Waals surface area contributed by atoms with Crippen LogP contribution in [0.15, 0.2) is 24.4 Å². The van der Waals surface area contributed by atoms with Crippen molar-refractivity contribution >= 4 is 18.0 Å². The van der Waals surface area contributed by atoms with Crippen LogP contribution in [0.1, 0.15) is 42.7 Å². The van der Waals surface area contributed by atoms with Gasteiger partial charge in [0.1, 0.15) is 5.69 Å². The third-order valence-electron chi connectivity index (χ3n) is 2.70. The fourth-order valence-corrected chi connectivity index (χ4v) is 1.70. The molecule has 0 aliphatic heterocycles. The summed E-state index contributed by atoms with van der Waals surface area (Å²) in [6, 6.07) is 3.33. The minimum absolute atomic E-state index is 0.245. The summed E-state index contributed by atoms with van der Waals surface area (Å²) >= 11 is 0. The minimum atomic E-state index is -1.06. The van der Waals surface area contributed by atoms with Crippen LogP contribution in [0.25, 0.3) is 6.08 Å². The monoisotopic (exact) mass is 276 g/mol. The van der Waals surface area contributed by atoms with Gasteiger partial charge in [-0.1, -0.05) is 19.9 Å². The van der Waals surface area contributed by atoms with Gasteiger partial charge in [-0.2, -0.15) is 0 Å². The second-order valence-electron chi connectivity index (χ2n) is 4.90. The Labute approximate surface area is 118 Å². The van der Waals surface area contributed by atoms with E-state index in [0.29, 0.717) is 18.0 Å². The fraction of sp³-hybridized carbons (Fsp3) is 0.400. The molecule has 0 aliphatic carbocycles. The van der Waals surface area contributed by atoms with Gasteiger partial charge < -0.3 is 10.4 Å². The lowest BCUT2D eigenvalue weighted by Crippen LogP contribution is -2.26. The first-order chi connectivity index (χ1) is 9.50. The van der Waals surface area contributed by atoms with Gasteiger partial charge in [0, 0.05) is 24.4 Å². The first-order valence-electron chi connectivity index (χ1n) is 6.65. The maximum Gasteiger partial charge on any atom is 0.328 e. The van der Waals surface area contributed by atoms with Crippen LogP contribution in [0, 0.1) is 5.92 Å². The van der Waals surface area contributed by atoms with Crippen molar-refractivity contribution < 1.29 is 14.7 Å². The average molecular weight is 276 g/mol. The largest absolute Gasteiger partial charge is 0.478 e. The lowest BCUT2D eigenvalue weighted by molar-refractivity contribution is -0.131. The van der Waals surface area contributed by atoms with Crippen LogP contribution < -0.4 is 5.32 Å². The molecule has 0 radical (unpaired) electrons. The maximum absolute atomic E-state index is 12.0. The number of carbonyl (C=O) groups excluding carboxylic acids is 1. The zero-order valence-corrected chi connectivity index (χ0v) is 11.8. The number of carboxylic acids is 1. The molecule has 5 nitrogen and oxygen atoms in total. The van der Waals surface area contributed by atoms with E-state index in [9.17, 15) is 9.59 Å². The van der Waals surface area contributed by atoms with Crippen molar-refractivity contribution in [3.05, 3.63) is 35.7 Å². The number of aromatic nitrogens is 1. The van der Waals surface area contributed by atoms with Gasteiger partial charge in [0.05, 0.1) is 0 Å². The number of nitrogens with one attached hydrogen (secondary N) is 1. The van der Waals surface area contributed by atoms with Gasteiger partial charge in [-0.25, -0.2) is 4.79 Å². The van der Waals surface area contributed by atoms with Gasteiger partial charge >= 0.3 is 5.97 Å². The van der Waals surface area contributed by atoms with E-state index in [2.05, 4.69) is 24.1 Å². The van der Waals surface area contributed by atoms with Gasteiger partial charge in [0.25, 0.3) is 5.91 Å². The van der Waals surface area contributed by atoms with E-state index in [1.54, 1.807) is 12.1 Å². The minimum Gasteiger partial charge on any atom is -0.478 e. The first-order valence-corrected chi connectivity index (χ1v) is 6.65. The van der Waals surface area contributed by atoms with Crippen LogP contribution in [-0.2, 0) is 4.79 Å². The highest BCUT2D eigenvalue weighted by Crippen LogP contribution is 2.08. The normalized spacial score (nSPS) is 10.9. The molecule has 0 saturated heterocycles. The van der Waals surface area contributed by atoms with E-state index in [4.69, 9.17) is 5.11 Å². The first kappa shape index (κ1) is 15.9. The molecule has 0 atom stereocenters. The topological polar surface area (TPSA) is 79.3 Å². The van der Waals surface area contributed by atoms with Gasteiger partial charge in [0.2, 0.25) is 0 Å². The van der Waals surface area contributed by atoms with Crippen molar-refractivity contribution in [2.45, 2.75) is 26.7 Å². The van der Waals surface area contributed by atoms with Crippen LogP contribution in [0.2, 0.25) is 0 Å². The van der Waals surface area contributed by atoms with E-state index >= 15 is 0 Å². The molecule has 1 aromatic heterocycles. The molecule has 1 amide bonds. The van der Waals surface area contributed by atoms with Gasteiger partial charge in [0.15, 0.2) is 0 Å². The van der Waals surface area contributed by atoms with Crippen molar-refractivity contribution in [3.63, 3.8) is 0 Å². The van der Waals surface area contributed by atoms with Crippen molar-refractivity contribution in [1.29, 1.82) is 0 Å². The molecule has 1 heterocycles. The molecule has 0 saturated carbocycles. The Morgan fingerprint density at radius 1 is 1.45 bits per heavy atom. The van der Waals surface area contributed by atoms with Crippen LogP contribution in [0.3, 0.4) is 0 Å². The maximum atomic E-state index is 12.0. The molecule has 0 spiro atoms. The number of carbonyl (C=O) groups is 2. The summed E-state index contributed by atoms with van der Waals surface area (Å²) in [5, 5.41) is 11.4. The molecule has 1 aromatic rings. The van der Waals surface area contributed by atoms with E-state index in [1.807, 2.05) is 0 Å². The number of pyridine rings is 1. The Morgan fingerprint density at radius 2 is 2.20 bits per heavy atom. The number of aliphatic carboxylic acids is 1. The summed E-state index contributed by atoms with van der Waals surface area (Å²) in [6.07, 6.45) is 5.84. The highest BCUT2D eigenvalue weighted by molar-refractivity contribution is 5.97. The summed E-state index contributed by atoms with van der Waals surface area (Å²) in [7, 11) is 0.